The Labute approximate surface area is 185 Å². The van der Waals surface area contributed by atoms with Crippen LogP contribution in [0.3, 0.4) is 0 Å². The maximum atomic E-state index is 11.9. The third-order valence-corrected chi connectivity index (χ3v) is 4.84. The van der Waals surface area contributed by atoms with Crippen LogP contribution in [0.2, 0.25) is 0 Å². The Hall–Kier alpha value is -4.04. The van der Waals surface area contributed by atoms with Crippen molar-refractivity contribution in [2.75, 3.05) is 17.2 Å². The fourth-order valence-corrected chi connectivity index (χ4v) is 3.21. The van der Waals surface area contributed by atoms with Crippen molar-refractivity contribution < 1.29 is 9.53 Å². The third kappa shape index (κ3) is 4.98. The molecule has 4 N–H and O–H groups in total. The van der Waals surface area contributed by atoms with Crippen molar-refractivity contribution in [1.29, 1.82) is 0 Å². The van der Waals surface area contributed by atoms with Crippen LogP contribution in [0, 0.1) is 13.8 Å². The van der Waals surface area contributed by atoms with Gasteiger partial charge in [0.1, 0.15) is 23.6 Å². The van der Waals surface area contributed by atoms with Gasteiger partial charge in [0.05, 0.1) is 11.7 Å². The summed E-state index contributed by atoms with van der Waals surface area (Å²) in [4.78, 5) is 24.9. The molecule has 8 heteroatoms. The molecule has 0 aliphatic carbocycles. The monoisotopic (exact) mass is 428 g/mol. The fraction of sp³-hybridized carbons (Fsp3) is 0.167. The van der Waals surface area contributed by atoms with E-state index in [4.69, 9.17) is 10.5 Å². The van der Waals surface area contributed by atoms with Crippen LogP contribution in [0.5, 0.6) is 11.5 Å². The number of nitrogens with two attached hydrogens (primary N) is 1. The standard InChI is InChI=1S/C24H24N6O2/c1-15-11-17(5-8-22(15)32-19-6-3-16(2)26-13-19)30-24-20-12-18(29-23(31)9-10-25)4-7-21(20)27-14-28-24/h3-8,11-14H,9-10,25H2,1-2H3,(H,29,31)(H,27,28,30). The number of benzene rings is 2. The Balaban J connectivity index is 1.56. The normalized spacial score (nSPS) is 10.7. The number of aryl methyl sites for hydroxylation is 2. The smallest absolute Gasteiger partial charge is 0.225 e. The summed E-state index contributed by atoms with van der Waals surface area (Å²) >= 11 is 0. The van der Waals surface area contributed by atoms with Gasteiger partial charge in [-0.25, -0.2) is 9.97 Å². The molecule has 2 aromatic carbocycles. The molecule has 0 unspecified atom stereocenters. The molecule has 2 heterocycles. The van der Waals surface area contributed by atoms with Gasteiger partial charge in [0.15, 0.2) is 0 Å². The molecule has 1 amide bonds. The summed E-state index contributed by atoms with van der Waals surface area (Å²) in [7, 11) is 0. The summed E-state index contributed by atoms with van der Waals surface area (Å²) in [6, 6.07) is 15.1. The van der Waals surface area contributed by atoms with Gasteiger partial charge in [-0.1, -0.05) is 0 Å². The van der Waals surface area contributed by atoms with Crippen LogP contribution in [0.4, 0.5) is 17.2 Å². The number of aromatic nitrogens is 3. The molecule has 0 bridgehead atoms. The predicted octanol–water partition coefficient (Wildman–Crippen LogP) is 4.46. The minimum absolute atomic E-state index is 0.131. The summed E-state index contributed by atoms with van der Waals surface area (Å²) in [5.41, 5.74) is 9.64. The highest BCUT2D eigenvalue weighted by molar-refractivity contribution is 5.97. The summed E-state index contributed by atoms with van der Waals surface area (Å²) in [6.07, 6.45) is 3.48. The van der Waals surface area contributed by atoms with Gasteiger partial charge in [-0.05, 0) is 67.9 Å². The highest BCUT2D eigenvalue weighted by atomic mass is 16.5. The Morgan fingerprint density at radius 1 is 1.00 bits per heavy atom. The molecule has 0 atom stereocenters. The Morgan fingerprint density at radius 2 is 1.84 bits per heavy atom. The first kappa shape index (κ1) is 21.2. The zero-order chi connectivity index (χ0) is 22.5. The summed E-state index contributed by atoms with van der Waals surface area (Å²) < 4.78 is 5.95. The van der Waals surface area contributed by atoms with Crippen molar-refractivity contribution in [3.63, 3.8) is 0 Å². The Morgan fingerprint density at radius 3 is 2.59 bits per heavy atom. The second-order valence-corrected chi connectivity index (χ2v) is 7.38. The molecule has 0 radical (unpaired) electrons. The second kappa shape index (κ2) is 9.40. The SMILES string of the molecule is Cc1ccc(Oc2ccc(Nc3ncnc4ccc(NC(=O)CCN)cc34)cc2C)cn1. The quantitative estimate of drug-likeness (QED) is 0.398. The minimum atomic E-state index is -0.131. The number of nitrogens with zero attached hydrogens (tertiary/aromatic N) is 3. The van der Waals surface area contributed by atoms with E-state index in [0.29, 0.717) is 23.8 Å². The molecule has 8 nitrogen and oxygen atoms in total. The Bertz CT molecular complexity index is 1260. The number of carbonyl (C=O) groups is 1. The largest absolute Gasteiger partial charge is 0.455 e. The zero-order valence-corrected chi connectivity index (χ0v) is 17.9. The molecule has 0 saturated carbocycles. The number of nitrogens with one attached hydrogen (secondary N) is 2. The van der Waals surface area contributed by atoms with Crippen LogP contribution in [0.1, 0.15) is 17.7 Å². The molecule has 162 valence electrons. The van der Waals surface area contributed by atoms with Crippen molar-refractivity contribution in [2.45, 2.75) is 20.3 Å². The second-order valence-electron chi connectivity index (χ2n) is 7.38. The van der Waals surface area contributed by atoms with Crippen molar-refractivity contribution >= 4 is 34.0 Å². The molecule has 4 rings (SSSR count). The number of carbonyl (C=O) groups excluding carboxylic acids is 1. The van der Waals surface area contributed by atoms with E-state index in [-0.39, 0.29) is 12.3 Å². The number of anilines is 3. The van der Waals surface area contributed by atoms with Gasteiger partial charge in [0.2, 0.25) is 5.91 Å². The van der Waals surface area contributed by atoms with Crippen LogP contribution in [0.25, 0.3) is 10.9 Å². The average Bonchev–Trinajstić information content (AvgIpc) is 2.78. The van der Waals surface area contributed by atoms with E-state index in [1.54, 1.807) is 6.20 Å². The lowest BCUT2D eigenvalue weighted by Crippen LogP contribution is -2.16. The molecule has 32 heavy (non-hydrogen) atoms. The number of hydrogen-bond acceptors (Lipinski definition) is 7. The Kier molecular flexibility index (Phi) is 6.23. The van der Waals surface area contributed by atoms with Crippen molar-refractivity contribution in [3.05, 3.63) is 72.3 Å². The van der Waals surface area contributed by atoms with Gasteiger partial charge in [-0.15, -0.1) is 0 Å². The van der Waals surface area contributed by atoms with Crippen LogP contribution in [-0.4, -0.2) is 27.4 Å². The minimum Gasteiger partial charge on any atom is -0.455 e. The van der Waals surface area contributed by atoms with E-state index in [2.05, 4.69) is 25.6 Å². The van der Waals surface area contributed by atoms with Gasteiger partial charge in [-0.3, -0.25) is 9.78 Å². The van der Waals surface area contributed by atoms with Crippen LogP contribution >= 0.6 is 0 Å². The molecular weight excluding hydrogens is 404 g/mol. The summed E-state index contributed by atoms with van der Waals surface area (Å²) in [5, 5.41) is 6.98. The molecule has 0 fully saturated rings. The number of ether oxygens (including phenoxy) is 1. The number of rotatable bonds is 7. The highest BCUT2D eigenvalue weighted by Gasteiger charge is 2.09. The number of hydrogen-bond donors (Lipinski definition) is 3. The average molecular weight is 428 g/mol. The molecule has 2 aromatic heterocycles. The lowest BCUT2D eigenvalue weighted by atomic mass is 10.1. The van der Waals surface area contributed by atoms with E-state index in [9.17, 15) is 4.79 Å². The lowest BCUT2D eigenvalue weighted by molar-refractivity contribution is -0.116. The van der Waals surface area contributed by atoms with Crippen molar-refractivity contribution in [3.8, 4) is 11.5 Å². The lowest BCUT2D eigenvalue weighted by Gasteiger charge is -2.13. The van der Waals surface area contributed by atoms with Gasteiger partial charge in [0, 0.05) is 35.4 Å². The van der Waals surface area contributed by atoms with E-state index in [1.807, 2.05) is 62.4 Å². The maximum absolute atomic E-state index is 11.9. The van der Waals surface area contributed by atoms with E-state index in [1.165, 1.54) is 6.33 Å². The molecule has 0 saturated heterocycles. The topological polar surface area (TPSA) is 115 Å². The van der Waals surface area contributed by atoms with Gasteiger partial charge in [-0.2, -0.15) is 0 Å². The predicted molar refractivity (Wildman–Crippen MR) is 125 cm³/mol. The van der Waals surface area contributed by atoms with Crippen LogP contribution < -0.4 is 21.1 Å². The number of fused-ring (bicyclic) bond motifs is 1. The molecule has 0 aliphatic rings. The van der Waals surface area contributed by atoms with E-state index in [0.717, 1.165) is 33.6 Å². The van der Waals surface area contributed by atoms with Gasteiger partial charge >= 0.3 is 0 Å². The van der Waals surface area contributed by atoms with Crippen LogP contribution in [-0.2, 0) is 4.79 Å². The first-order chi connectivity index (χ1) is 15.5. The van der Waals surface area contributed by atoms with Gasteiger partial charge in [0.25, 0.3) is 0 Å². The number of amides is 1. The molecular formula is C24H24N6O2. The van der Waals surface area contributed by atoms with Gasteiger partial charge < -0.3 is 21.1 Å². The number of pyridine rings is 1. The highest BCUT2D eigenvalue weighted by Crippen LogP contribution is 2.30. The van der Waals surface area contributed by atoms with E-state index >= 15 is 0 Å². The van der Waals surface area contributed by atoms with Crippen LogP contribution in [0.15, 0.2) is 61.1 Å². The van der Waals surface area contributed by atoms with E-state index < -0.39 is 0 Å². The van der Waals surface area contributed by atoms with Crippen molar-refractivity contribution in [2.24, 2.45) is 5.73 Å². The van der Waals surface area contributed by atoms with Crippen molar-refractivity contribution in [1.82, 2.24) is 15.0 Å². The molecule has 0 spiro atoms. The maximum Gasteiger partial charge on any atom is 0.225 e. The zero-order valence-electron chi connectivity index (χ0n) is 17.9. The molecule has 0 aliphatic heterocycles. The third-order valence-electron chi connectivity index (χ3n) is 4.84. The molecule has 4 aromatic rings. The fourth-order valence-electron chi connectivity index (χ4n) is 3.21. The summed E-state index contributed by atoms with van der Waals surface area (Å²) in [6.45, 7) is 4.21. The first-order valence-electron chi connectivity index (χ1n) is 10.2. The first-order valence-corrected chi connectivity index (χ1v) is 10.2. The summed E-state index contributed by atoms with van der Waals surface area (Å²) in [5.74, 6) is 1.94.